The molecule has 3 nitrogen and oxygen atoms in total. The molecule has 0 fully saturated rings. The van der Waals surface area contributed by atoms with Crippen molar-refractivity contribution >= 4 is 17.7 Å². The van der Waals surface area contributed by atoms with E-state index in [0.29, 0.717) is 11.0 Å². The number of carbonyl (C=O) groups is 1. The van der Waals surface area contributed by atoms with Crippen molar-refractivity contribution in [3.8, 4) is 5.75 Å². The molecular formula is C19H23NO2S. The molecule has 0 saturated carbocycles. The predicted molar refractivity (Wildman–Crippen MR) is 96.9 cm³/mol. The summed E-state index contributed by atoms with van der Waals surface area (Å²) in [5.74, 6) is 1.28. The lowest BCUT2D eigenvalue weighted by Gasteiger charge is -2.18. The fraction of sp³-hybridized carbons (Fsp3) is 0.316. The van der Waals surface area contributed by atoms with E-state index in [1.165, 1.54) is 5.56 Å². The number of ether oxygens (including phenoxy) is 1. The minimum atomic E-state index is -0.0775. The van der Waals surface area contributed by atoms with Crippen molar-refractivity contribution in [3.63, 3.8) is 0 Å². The quantitative estimate of drug-likeness (QED) is 0.820. The van der Waals surface area contributed by atoms with Gasteiger partial charge in [0.15, 0.2) is 0 Å². The van der Waals surface area contributed by atoms with Crippen LogP contribution in [0.15, 0.2) is 54.6 Å². The number of rotatable bonds is 7. The summed E-state index contributed by atoms with van der Waals surface area (Å²) in [6.07, 6.45) is 0. The maximum absolute atomic E-state index is 12.2. The third kappa shape index (κ3) is 5.03. The minimum absolute atomic E-state index is 0.0381. The highest BCUT2D eigenvalue weighted by atomic mass is 32.2. The molecule has 0 saturated heterocycles. The molecule has 0 unspecified atom stereocenters. The lowest BCUT2D eigenvalue weighted by atomic mass is 10.1. The van der Waals surface area contributed by atoms with Crippen LogP contribution in [-0.2, 0) is 4.79 Å². The topological polar surface area (TPSA) is 38.3 Å². The van der Waals surface area contributed by atoms with Gasteiger partial charge in [0.05, 0.1) is 18.9 Å². The van der Waals surface area contributed by atoms with Crippen LogP contribution < -0.4 is 10.1 Å². The van der Waals surface area contributed by atoms with E-state index in [4.69, 9.17) is 4.74 Å². The number of benzene rings is 2. The van der Waals surface area contributed by atoms with Gasteiger partial charge in [0.25, 0.3) is 0 Å². The van der Waals surface area contributed by atoms with E-state index < -0.39 is 0 Å². The molecule has 2 atom stereocenters. The molecule has 0 radical (unpaired) electrons. The molecule has 0 aliphatic rings. The molecule has 0 aliphatic carbocycles. The monoisotopic (exact) mass is 329 g/mol. The average Bonchev–Trinajstić information content (AvgIpc) is 2.60. The van der Waals surface area contributed by atoms with Crippen molar-refractivity contribution in [3.05, 3.63) is 65.7 Å². The summed E-state index contributed by atoms with van der Waals surface area (Å²) in [6, 6.07) is 17.9. The van der Waals surface area contributed by atoms with E-state index in [-0.39, 0.29) is 11.9 Å². The Hall–Kier alpha value is -1.94. The van der Waals surface area contributed by atoms with Gasteiger partial charge >= 0.3 is 0 Å². The molecule has 1 N–H and O–H groups in total. The molecule has 0 aliphatic heterocycles. The smallest absolute Gasteiger partial charge is 0.230 e. The maximum atomic E-state index is 12.2. The van der Waals surface area contributed by atoms with Gasteiger partial charge in [-0.25, -0.2) is 0 Å². The normalized spacial score (nSPS) is 13.2. The molecule has 23 heavy (non-hydrogen) atoms. The van der Waals surface area contributed by atoms with E-state index in [1.807, 2.05) is 49.4 Å². The van der Waals surface area contributed by atoms with Crippen LogP contribution in [0.3, 0.4) is 0 Å². The Balaban J connectivity index is 1.87. The third-order valence-electron chi connectivity index (χ3n) is 3.72. The molecule has 2 aromatic rings. The zero-order valence-electron chi connectivity index (χ0n) is 13.8. The molecule has 1 amide bonds. The van der Waals surface area contributed by atoms with Gasteiger partial charge in [-0.15, -0.1) is 11.8 Å². The Labute approximate surface area is 142 Å². The van der Waals surface area contributed by atoms with E-state index in [9.17, 15) is 4.79 Å². The van der Waals surface area contributed by atoms with Crippen molar-refractivity contribution in [2.24, 2.45) is 0 Å². The van der Waals surface area contributed by atoms with Crippen LogP contribution in [0.5, 0.6) is 5.75 Å². The largest absolute Gasteiger partial charge is 0.496 e. The summed E-state index contributed by atoms with van der Waals surface area (Å²) < 4.78 is 5.35. The molecule has 0 spiro atoms. The Morgan fingerprint density at radius 1 is 1.09 bits per heavy atom. The van der Waals surface area contributed by atoms with Gasteiger partial charge in [-0.3, -0.25) is 4.79 Å². The van der Waals surface area contributed by atoms with Crippen LogP contribution in [0.2, 0.25) is 0 Å². The van der Waals surface area contributed by atoms with E-state index >= 15 is 0 Å². The van der Waals surface area contributed by atoms with E-state index in [0.717, 1.165) is 11.3 Å². The van der Waals surface area contributed by atoms with Gasteiger partial charge in [-0.2, -0.15) is 0 Å². The van der Waals surface area contributed by atoms with Crippen molar-refractivity contribution in [2.75, 3.05) is 12.9 Å². The highest BCUT2D eigenvalue weighted by molar-refractivity contribution is 8.00. The van der Waals surface area contributed by atoms with Gasteiger partial charge in [0, 0.05) is 10.8 Å². The standard InChI is InChI=1S/C19H23NO2S/c1-14(17-11-7-8-12-18(17)22-3)20-19(21)13-23-15(2)16-9-5-4-6-10-16/h4-12,14-15H,13H2,1-3H3,(H,20,21)/t14-,15-/m1/s1. The van der Waals surface area contributed by atoms with E-state index in [1.54, 1.807) is 18.9 Å². The summed E-state index contributed by atoms with van der Waals surface area (Å²) >= 11 is 1.64. The van der Waals surface area contributed by atoms with Crippen LogP contribution in [0, 0.1) is 0 Å². The van der Waals surface area contributed by atoms with Crippen LogP contribution in [0.25, 0.3) is 0 Å². The molecule has 122 valence electrons. The lowest BCUT2D eigenvalue weighted by molar-refractivity contribution is -0.119. The molecule has 2 aromatic carbocycles. The highest BCUT2D eigenvalue weighted by Gasteiger charge is 2.15. The fourth-order valence-electron chi connectivity index (χ4n) is 2.41. The summed E-state index contributed by atoms with van der Waals surface area (Å²) in [5.41, 5.74) is 2.23. The van der Waals surface area contributed by atoms with E-state index in [2.05, 4.69) is 24.4 Å². The van der Waals surface area contributed by atoms with Crippen molar-refractivity contribution in [1.82, 2.24) is 5.32 Å². The number of hydrogen-bond acceptors (Lipinski definition) is 3. The zero-order valence-corrected chi connectivity index (χ0v) is 14.6. The second-order valence-corrected chi connectivity index (χ2v) is 6.72. The first kappa shape index (κ1) is 17.4. The zero-order chi connectivity index (χ0) is 16.7. The third-order valence-corrected chi connectivity index (χ3v) is 4.92. The van der Waals surface area contributed by atoms with Crippen molar-refractivity contribution in [2.45, 2.75) is 25.1 Å². The molecule has 4 heteroatoms. The number of nitrogens with one attached hydrogen (secondary N) is 1. The van der Waals surface area contributed by atoms with Gasteiger partial charge in [-0.05, 0) is 25.5 Å². The molecule has 0 aromatic heterocycles. The lowest BCUT2D eigenvalue weighted by Crippen LogP contribution is -2.28. The number of thioether (sulfide) groups is 1. The number of carbonyl (C=O) groups excluding carboxylic acids is 1. The molecule has 0 heterocycles. The van der Waals surface area contributed by atoms with Crippen LogP contribution >= 0.6 is 11.8 Å². The summed E-state index contributed by atoms with van der Waals surface area (Å²) in [4.78, 5) is 12.2. The molecule has 2 rings (SSSR count). The molecular weight excluding hydrogens is 306 g/mol. The Morgan fingerprint density at radius 3 is 2.43 bits per heavy atom. The second kappa shape index (κ2) is 8.63. The van der Waals surface area contributed by atoms with Crippen molar-refractivity contribution < 1.29 is 9.53 Å². The summed E-state index contributed by atoms with van der Waals surface area (Å²) in [6.45, 7) is 4.10. The van der Waals surface area contributed by atoms with Crippen LogP contribution in [0.4, 0.5) is 0 Å². The summed E-state index contributed by atoms with van der Waals surface area (Å²) in [5, 5.41) is 3.33. The number of hydrogen-bond donors (Lipinski definition) is 1. The first-order chi connectivity index (χ1) is 11.1. The van der Waals surface area contributed by atoms with Gasteiger partial charge < -0.3 is 10.1 Å². The first-order valence-electron chi connectivity index (χ1n) is 7.70. The van der Waals surface area contributed by atoms with Gasteiger partial charge in [-0.1, -0.05) is 48.5 Å². The first-order valence-corrected chi connectivity index (χ1v) is 8.75. The highest BCUT2D eigenvalue weighted by Crippen LogP contribution is 2.28. The van der Waals surface area contributed by atoms with Gasteiger partial charge in [0.2, 0.25) is 5.91 Å². The van der Waals surface area contributed by atoms with Gasteiger partial charge in [0.1, 0.15) is 5.75 Å². The fourth-order valence-corrected chi connectivity index (χ4v) is 3.24. The summed E-state index contributed by atoms with van der Waals surface area (Å²) in [7, 11) is 1.64. The van der Waals surface area contributed by atoms with Crippen molar-refractivity contribution in [1.29, 1.82) is 0 Å². The Kier molecular flexibility index (Phi) is 6.53. The number of amides is 1. The van der Waals surface area contributed by atoms with Crippen LogP contribution in [-0.4, -0.2) is 18.8 Å². The number of methoxy groups -OCH3 is 1. The minimum Gasteiger partial charge on any atom is -0.496 e. The molecule has 0 bridgehead atoms. The average molecular weight is 329 g/mol. The Bertz CT molecular complexity index is 630. The van der Waals surface area contributed by atoms with Crippen LogP contribution in [0.1, 0.15) is 36.3 Å². The SMILES string of the molecule is COc1ccccc1[C@@H](C)NC(=O)CS[C@H](C)c1ccccc1. The predicted octanol–water partition coefficient (Wildman–Crippen LogP) is 4.37. The maximum Gasteiger partial charge on any atom is 0.230 e. The number of para-hydroxylation sites is 1. The Morgan fingerprint density at radius 2 is 1.74 bits per heavy atom. The second-order valence-electron chi connectivity index (χ2n) is 5.40.